The molecule has 0 bridgehead atoms. The normalized spacial score (nSPS) is 11.2. The third-order valence-corrected chi connectivity index (χ3v) is 7.99. The van der Waals surface area contributed by atoms with Gasteiger partial charge in [0.15, 0.2) is 5.76 Å². The molecule has 40 heavy (non-hydrogen) atoms. The standard InChI is InChI=1S/C31H25ClN2O5S/c1-22-8-14-27(15-9-22)40(36,37)30-17-16-28(39-30)31(35)34(29-7-2-3-18-33-29)20-23-10-12-26(13-11-23)38-21-24-5-4-6-25(32)19-24/h2-19H,20-21H2,1H3. The van der Waals surface area contributed by atoms with Crippen LogP contribution in [0.2, 0.25) is 5.02 Å². The number of pyridine rings is 1. The van der Waals surface area contributed by atoms with Gasteiger partial charge in [0, 0.05) is 11.2 Å². The van der Waals surface area contributed by atoms with Crippen molar-refractivity contribution in [1.29, 1.82) is 0 Å². The van der Waals surface area contributed by atoms with Crippen LogP contribution in [0.15, 0.2) is 124 Å². The van der Waals surface area contributed by atoms with Crippen LogP contribution in [0.4, 0.5) is 5.82 Å². The Morgan fingerprint density at radius 2 is 1.68 bits per heavy atom. The maximum Gasteiger partial charge on any atom is 0.295 e. The number of ether oxygens (including phenoxy) is 1. The minimum Gasteiger partial charge on any atom is -0.489 e. The zero-order chi connectivity index (χ0) is 28.1. The fraction of sp³-hybridized carbons (Fsp3) is 0.0968. The number of aryl methyl sites for hydroxylation is 1. The van der Waals surface area contributed by atoms with Crippen LogP contribution in [0, 0.1) is 6.92 Å². The lowest BCUT2D eigenvalue weighted by Crippen LogP contribution is -2.30. The molecule has 3 aromatic carbocycles. The van der Waals surface area contributed by atoms with Crippen molar-refractivity contribution in [2.24, 2.45) is 0 Å². The van der Waals surface area contributed by atoms with Crippen LogP contribution in [0.5, 0.6) is 5.75 Å². The average molecular weight is 573 g/mol. The summed E-state index contributed by atoms with van der Waals surface area (Å²) in [7, 11) is -3.92. The van der Waals surface area contributed by atoms with E-state index >= 15 is 0 Å². The molecule has 0 unspecified atom stereocenters. The van der Waals surface area contributed by atoms with Gasteiger partial charge in [0.05, 0.1) is 11.4 Å². The Balaban J connectivity index is 1.35. The van der Waals surface area contributed by atoms with Gasteiger partial charge in [-0.15, -0.1) is 0 Å². The van der Waals surface area contributed by atoms with Crippen molar-refractivity contribution in [2.75, 3.05) is 4.90 Å². The third kappa shape index (κ3) is 6.25. The number of halogens is 1. The molecule has 0 radical (unpaired) electrons. The highest BCUT2D eigenvalue weighted by Crippen LogP contribution is 2.26. The molecule has 0 saturated carbocycles. The second-order valence-electron chi connectivity index (χ2n) is 9.08. The number of nitrogens with zero attached hydrogens (tertiary/aromatic N) is 2. The molecule has 2 heterocycles. The van der Waals surface area contributed by atoms with Crippen molar-refractivity contribution < 1.29 is 22.4 Å². The van der Waals surface area contributed by atoms with E-state index < -0.39 is 15.7 Å². The van der Waals surface area contributed by atoms with Crippen LogP contribution in [-0.4, -0.2) is 19.3 Å². The van der Waals surface area contributed by atoms with Gasteiger partial charge in [-0.3, -0.25) is 9.69 Å². The zero-order valence-corrected chi connectivity index (χ0v) is 23.1. The summed E-state index contributed by atoms with van der Waals surface area (Å²) in [5, 5.41) is 0.342. The summed E-state index contributed by atoms with van der Waals surface area (Å²) in [4.78, 5) is 19.4. The van der Waals surface area contributed by atoms with Gasteiger partial charge in [0.2, 0.25) is 14.9 Å². The molecule has 0 spiro atoms. The first-order valence-electron chi connectivity index (χ1n) is 12.4. The Kier molecular flexibility index (Phi) is 8.00. The maximum atomic E-state index is 13.6. The van der Waals surface area contributed by atoms with Crippen LogP contribution in [0.25, 0.3) is 0 Å². The molecule has 0 saturated heterocycles. The summed E-state index contributed by atoms with van der Waals surface area (Å²) in [5.41, 5.74) is 2.69. The number of hydrogen-bond donors (Lipinski definition) is 0. The van der Waals surface area contributed by atoms with Gasteiger partial charge in [-0.25, -0.2) is 13.4 Å². The first kappa shape index (κ1) is 27.2. The van der Waals surface area contributed by atoms with E-state index in [1.807, 2.05) is 49.4 Å². The lowest BCUT2D eigenvalue weighted by atomic mass is 10.2. The molecule has 9 heteroatoms. The Morgan fingerprint density at radius 1 is 0.900 bits per heavy atom. The average Bonchev–Trinajstić information content (AvgIpc) is 3.47. The van der Waals surface area contributed by atoms with Crippen molar-refractivity contribution in [1.82, 2.24) is 4.98 Å². The molecule has 2 aromatic heterocycles. The molecule has 0 aliphatic heterocycles. The molecule has 1 amide bonds. The lowest BCUT2D eigenvalue weighted by molar-refractivity contribution is 0.0952. The molecule has 0 atom stereocenters. The largest absolute Gasteiger partial charge is 0.489 e. The first-order valence-corrected chi connectivity index (χ1v) is 14.3. The van der Waals surface area contributed by atoms with Gasteiger partial charge in [0.25, 0.3) is 5.91 Å². The maximum absolute atomic E-state index is 13.6. The number of furan rings is 1. The van der Waals surface area contributed by atoms with E-state index in [0.29, 0.717) is 23.2 Å². The molecule has 5 rings (SSSR count). The topological polar surface area (TPSA) is 89.7 Å². The van der Waals surface area contributed by atoms with Crippen molar-refractivity contribution in [3.8, 4) is 5.75 Å². The van der Waals surface area contributed by atoms with Gasteiger partial charge < -0.3 is 9.15 Å². The van der Waals surface area contributed by atoms with Gasteiger partial charge in [-0.1, -0.05) is 59.6 Å². The van der Waals surface area contributed by atoms with E-state index in [1.165, 1.54) is 29.2 Å². The predicted octanol–water partition coefficient (Wildman–Crippen LogP) is 6.90. The highest BCUT2D eigenvalue weighted by atomic mass is 35.5. The number of sulfone groups is 1. The number of aromatic nitrogens is 1. The molecule has 0 N–H and O–H groups in total. The molecule has 0 aliphatic carbocycles. The minimum absolute atomic E-state index is 0.0886. The van der Waals surface area contributed by atoms with Crippen LogP contribution in [0.1, 0.15) is 27.2 Å². The second-order valence-corrected chi connectivity index (χ2v) is 11.4. The monoisotopic (exact) mass is 572 g/mol. The third-order valence-electron chi connectivity index (χ3n) is 6.12. The number of rotatable bonds is 9. The van der Waals surface area contributed by atoms with E-state index in [4.69, 9.17) is 20.8 Å². The van der Waals surface area contributed by atoms with Crippen molar-refractivity contribution in [3.63, 3.8) is 0 Å². The summed E-state index contributed by atoms with van der Waals surface area (Å²) in [6.45, 7) is 2.41. The minimum atomic E-state index is -3.92. The van der Waals surface area contributed by atoms with Crippen LogP contribution < -0.4 is 9.64 Å². The first-order chi connectivity index (χ1) is 19.3. The molecule has 5 aromatic rings. The highest BCUT2D eigenvalue weighted by molar-refractivity contribution is 7.91. The quantitative estimate of drug-likeness (QED) is 0.191. The molecule has 202 valence electrons. The zero-order valence-electron chi connectivity index (χ0n) is 21.5. The van der Waals surface area contributed by atoms with E-state index in [-0.39, 0.29) is 22.3 Å². The summed E-state index contributed by atoms with van der Waals surface area (Å²) in [6, 6.07) is 29.1. The van der Waals surface area contributed by atoms with Crippen LogP contribution >= 0.6 is 11.6 Å². The number of benzene rings is 3. The molecule has 0 aliphatic rings. The Morgan fingerprint density at radius 3 is 2.38 bits per heavy atom. The summed E-state index contributed by atoms with van der Waals surface area (Å²) in [5.74, 6) is 0.424. The number of hydrogen-bond acceptors (Lipinski definition) is 6. The summed E-state index contributed by atoms with van der Waals surface area (Å²) >= 11 is 6.04. The van der Waals surface area contributed by atoms with E-state index in [0.717, 1.165) is 16.7 Å². The number of carbonyl (C=O) groups excluding carboxylic acids is 1. The van der Waals surface area contributed by atoms with Gasteiger partial charge in [-0.05, 0) is 78.7 Å². The molecule has 7 nitrogen and oxygen atoms in total. The Labute approximate surface area is 237 Å². The predicted molar refractivity (Wildman–Crippen MR) is 152 cm³/mol. The second kappa shape index (κ2) is 11.8. The SMILES string of the molecule is Cc1ccc(S(=O)(=O)c2ccc(C(=O)N(Cc3ccc(OCc4cccc(Cl)c4)cc3)c3ccccn3)o2)cc1. The van der Waals surface area contributed by atoms with Gasteiger partial charge >= 0.3 is 0 Å². The van der Waals surface area contributed by atoms with Crippen LogP contribution in [0.3, 0.4) is 0 Å². The highest BCUT2D eigenvalue weighted by Gasteiger charge is 2.27. The molecular weight excluding hydrogens is 548 g/mol. The Hall–Kier alpha value is -4.40. The van der Waals surface area contributed by atoms with E-state index in [1.54, 1.807) is 42.6 Å². The van der Waals surface area contributed by atoms with Crippen molar-refractivity contribution in [2.45, 2.75) is 30.1 Å². The van der Waals surface area contributed by atoms with Crippen molar-refractivity contribution >= 4 is 33.2 Å². The summed E-state index contributed by atoms with van der Waals surface area (Å²) in [6.07, 6.45) is 1.58. The fourth-order valence-electron chi connectivity index (χ4n) is 3.98. The van der Waals surface area contributed by atoms with Gasteiger partial charge in [0.1, 0.15) is 18.2 Å². The Bertz CT molecular complexity index is 1720. The summed E-state index contributed by atoms with van der Waals surface area (Å²) < 4.78 is 37.6. The molecule has 0 fully saturated rings. The molecular formula is C31H25ClN2O5S. The van der Waals surface area contributed by atoms with Crippen LogP contribution in [-0.2, 0) is 23.0 Å². The van der Waals surface area contributed by atoms with E-state index in [9.17, 15) is 13.2 Å². The van der Waals surface area contributed by atoms with E-state index in [2.05, 4.69) is 4.98 Å². The van der Waals surface area contributed by atoms with Crippen molar-refractivity contribution in [3.05, 3.63) is 137 Å². The number of amides is 1. The smallest absolute Gasteiger partial charge is 0.295 e. The lowest BCUT2D eigenvalue weighted by Gasteiger charge is -2.21. The number of anilines is 1. The van der Waals surface area contributed by atoms with Gasteiger partial charge in [-0.2, -0.15) is 0 Å². The number of carbonyl (C=O) groups is 1. The fourth-order valence-corrected chi connectivity index (χ4v) is 5.37.